The van der Waals surface area contributed by atoms with Crippen LogP contribution in [0.2, 0.25) is 10.0 Å². The summed E-state index contributed by atoms with van der Waals surface area (Å²) in [5, 5.41) is 12.6. The van der Waals surface area contributed by atoms with Crippen LogP contribution in [0.3, 0.4) is 0 Å². The van der Waals surface area contributed by atoms with Crippen LogP contribution in [0, 0.1) is 0 Å². The van der Waals surface area contributed by atoms with Crippen molar-refractivity contribution in [1.29, 1.82) is 0 Å². The Kier molecular flexibility index (Phi) is 3.69. The number of aromatic nitrogens is 1. The van der Waals surface area contributed by atoms with E-state index in [1.165, 1.54) is 18.3 Å². The molecule has 2 N–H and O–H groups in total. The van der Waals surface area contributed by atoms with Crippen LogP contribution >= 0.6 is 23.2 Å². The Morgan fingerprint density at radius 3 is 2.78 bits per heavy atom. The summed E-state index contributed by atoms with van der Waals surface area (Å²) in [6.07, 6.45) is 2.98. The zero-order chi connectivity index (χ0) is 13.1. The van der Waals surface area contributed by atoms with Gasteiger partial charge in [-0.2, -0.15) is 0 Å². The molecule has 2 aromatic rings. The Morgan fingerprint density at radius 1 is 1.33 bits per heavy atom. The lowest BCUT2D eigenvalue weighted by atomic mass is 10.2. The molecule has 0 atom stereocenters. The number of nitrogens with zero attached hydrogens (tertiary/aromatic N) is 1. The molecule has 1 amide bonds. The molecule has 0 radical (unpaired) electrons. The molecule has 18 heavy (non-hydrogen) atoms. The van der Waals surface area contributed by atoms with Crippen molar-refractivity contribution < 1.29 is 9.90 Å². The van der Waals surface area contributed by atoms with Gasteiger partial charge in [0.1, 0.15) is 0 Å². The molecule has 4 nitrogen and oxygen atoms in total. The number of benzene rings is 1. The summed E-state index contributed by atoms with van der Waals surface area (Å²) in [7, 11) is 0. The van der Waals surface area contributed by atoms with Gasteiger partial charge in [-0.15, -0.1) is 0 Å². The van der Waals surface area contributed by atoms with Gasteiger partial charge in [-0.1, -0.05) is 23.2 Å². The first-order valence-electron chi connectivity index (χ1n) is 4.97. The number of hydrogen-bond acceptors (Lipinski definition) is 3. The third kappa shape index (κ3) is 2.72. The Bertz CT molecular complexity index is 588. The highest BCUT2D eigenvalue weighted by molar-refractivity contribution is 6.36. The number of phenolic OH excluding ortho intramolecular Hbond substituents is 1. The summed E-state index contributed by atoms with van der Waals surface area (Å²) in [5.41, 5.74) is 0.523. The molecule has 6 heteroatoms. The molecule has 0 aliphatic heterocycles. The Morgan fingerprint density at radius 2 is 2.11 bits per heavy atom. The molecule has 1 aromatic carbocycles. The smallest absolute Gasteiger partial charge is 0.257 e. The van der Waals surface area contributed by atoms with E-state index in [9.17, 15) is 9.90 Å². The lowest BCUT2D eigenvalue weighted by Crippen LogP contribution is -2.12. The lowest BCUT2D eigenvalue weighted by Gasteiger charge is -2.08. The summed E-state index contributed by atoms with van der Waals surface area (Å²) < 4.78 is 0. The summed E-state index contributed by atoms with van der Waals surface area (Å²) in [5.74, 6) is -0.630. The number of anilines is 1. The van der Waals surface area contributed by atoms with Gasteiger partial charge in [-0.05, 0) is 24.3 Å². The maximum Gasteiger partial charge on any atom is 0.257 e. The summed E-state index contributed by atoms with van der Waals surface area (Å²) in [4.78, 5) is 15.7. The molecular weight excluding hydrogens is 275 g/mol. The molecule has 0 aliphatic rings. The average Bonchev–Trinajstić information content (AvgIpc) is 2.36. The van der Waals surface area contributed by atoms with Gasteiger partial charge >= 0.3 is 0 Å². The molecule has 0 saturated heterocycles. The van der Waals surface area contributed by atoms with Crippen LogP contribution in [-0.4, -0.2) is 16.0 Å². The van der Waals surface area contributed by atoms with Gasteiger partial charge in [0, 0.05) is 17.4 Å². The second-order valence-corrected chi connectivity index (χ2v) is 4.32. The molecule has 1 aromatic heterocycles. The zero-order valence-electron chi connectivity index (χ0n) is 9.02. The van der Waals surface area contributed by atoms with E-state index in [0.717, 1.165) is 0 Å². The molecule has 0 fully saturated rings. The third-order valence-corrected chi connectivity index (χ3v) is 2.71. The van der Waals surface area contributed by atoms with Crippen LogP contribution in [0.25, 0.3) is 0 Å². The van der Waals surface area contributed by atoms with Gasteiger partial charge in [0.25, 0.3) is 5.91 Å². The van der Waals surface area contributed by atoms with Gasteiger partial charge in [0.05, 0.1) is 16.3 Å². The van der Waals surface area contributed by atoms with Crippen molar-refractivity contribution in [2.24, 2.45) is 0 Å². The van der Waals surface area contributed by atoms with E-state index in [0.29, 0.717) is 10.6 Å². The van der Waals surface area contributed by atoms with Crippen molar-refractivity contribution >= 4 is 34.8 Å². The predicted octanol–water partition coefficient (Wildman–Crippen LogP) is 3.35. The summed E-state index contributed by atoms with van der Waals surface area (Å²) in [6, 6.07) is 6.04. The number of carbonyl (C=O) groups is 1. The minimum absolute atomic E-state index is 0.0731. The van der Waals surface area contributed by atoms with E-state index < -0.39 is 5.91 Å². The number of carbonyl (C=O) groups excluding carboxylic acids is 1. The van der Waals surface area contributed by atoms with E-state index in [4.69, 9.17) is 23.2 Å². The second-order valence-electron chi connectivity index (χ2n) is 3.48. The highest BCUT2D eigenvalue weighted by atomic mass is 35.5. The quantitative estimate of drug-likeness (QED) is 0.831. The number of rotatable bonds is 2. The number of hydrogen-bond donors (Lipinski definition) is 2. The fraction of sp³-hybridized carbons (Fsp3) is 0. The standard InChI is InChI=1S/C12H8Cl2N2O2/c13-8-4-9(14)11(17)10(5-8)16-12(18)7-2-1-3-15-6-7/h1-6,17H,(H,16,18). The van der Waals surface area contributed by atoms with Gasteiger partial charge in [-0.3, -0.25) is 9.78 Å². The normalized spacial score (nSPS) is 10.1. The molecule has 1 heterocycles. The fourth-order valence-corrected chi connectivity index (χ4v) is 1.85. The van der Waals surface area contributed by atoms with Gasteiger partial charge in [0.2, 0.25) is 0 Å². The molecule has 92 valence electrons. The van der Waals surface area contributed by atoms with Gasteiger partial charge in [-0.25, -0.2) is 0 Å². The van der Waals surface area contributed by atoms with Crippen molar-refractivity contribution in [2.45, 2.75) is 0 Å². The summed E-state index contributed by atoms with van der Waals surface area (Å²) in [6.45, 7) is 0. The van der Waals surface area contributed by atoms with Crippen LogP contribution in [-0.2, 0) is 0 Å². The number of amides is 1. The molecule has 0 spiro atoms. The van der Waals surface area contributed by atoms with Crippen LogP contribution in [0.4, 0.5) is 5.69 Å². The van der Waals surface area contributed by atoms with Crippen molar-refractivity contribution in [2.75, 3.05) is 5.32 Å². The van der Waals surface area contributed by atoms with Crippen LogP contribution in [0.1, 0.15) is 10.4 Å². The molecule has 0 unspecified atom stereocenters. The number of nitrogens with one attached hydrogen (secondary N) is 1. The monoisotopic (exact) mass is 282 g/mol. The van der Waals surface area contributed by atoms with Crippen molar-refractivity contribution in [3.8, 4) is 5.75 Å². The topological polar surface area (TPSA) is 62.2 Å². The minimum Gasteiger partial charge on any atom is -0.504 e. The number of halogens is 2. The fourth-order valence-electron chi connectivity index (χ4n) is 1.35. The van der Waals surface area contributed by atoms with E-state index in [1.807, 2.05) is 0 Å². The first-order valence-corrected chi connectivity index (χ1v) is 5.73. The maximum absolute atomic E-state index is 11.8. The zero-order valence-corrected chi connectivity index (χ0v) is 10.5. The first-order chi connectivity index (χ1) is 8.58. The van der Waals surface area contributed by atoms with E-state index >= 15 is 0 Å². The molecule has 2 rings (SSSR count). The van der Waals surface area contributed by atoms with Gasteiger partial charge in [0.15, 0.2) is 5.75 Å². The third-order valence-electron chi connectivity index (χ3n) is 2.20. The SMILES string of the molecule is O=C(Nc1cc(Cl)cc(Cl)c1O)c1cccnc1. The van der Waals surface area contributed by atoms with Crippen LogP contribution in [0.5, 0.6) is 5.75 Å². The average molecular weight is 283 g/mol. The van der Waals surface area contributed by atoms with Crippen molar-refractivity contribution in [3.05, 3.63) is 52.3 Å². The first kappa shape index (κ1) is 12.7. The Hall–Kier alpha value is -1.78. The molecule has 0 saturated carbocycles. The number of pyridine rings is 1. The number of aromatic hydroxyl groups is 1. The summed E-state index contributed by atoms with van der Waals surface area (Å²) >= 11 is 11.5. The molecule has 0 bridgehead atoms. The second kappa shape index (κ2) is 5.25. The highest BCUT2D eigenvalue weighted by Gasteiger charge is 2.12. The lowest BCUT2D eigenvalue weighted by molar-refractivity contribution is 0.102. The molecule has 0 aliphatic carbocycles. The predicted molar refractivity (Wildman–Crippen MR) is 70.3 cm³/mol. The maximum atomic E-state index is 11.8. The highest BCUT2D eigenvalue weighted by Crippen LogP contribution is 2.35. The number of phenols is 1. The van der Waals surface area contributed by atoms with E-state index in [2.05, 4.69) is 10.3 Å². The Labute approximate surface area is 113 Å². The van der Waals surface area contributed by atoms with E-state index in [-0.39, 0.29) is 16.5 Å². The molecular formula is C12H8Cl2N2O2. The van der Waals surface area contributed by atoms with Crippen molar-refractivity contribution in [3.63, 3.8) is 0 Å². The van der Waals surface area contributed by atoms with Gasteiger partial charge < -0.3 is 10.4 Å². The van der Waals surface area contributed by atoms with Crippen molar-refractivity contribution in [1.82, 2.24) is 4.98 Å². The largest absolute Gasteiger partial charge is 0.504 e. The van der Waals surface area contributed by atoms with Crippen LogP contribution in [0.15, 0.2) is 36.7 Å². The Balaban J connectivity index is 2.28. The van der Waals surface area contributed by atoms with Crippen LogP contribution < -0.4 is 5.32 Å². The minimum atomic E-state index is -0.406. The van der Waals surface area contributed by atoms with E-state index in [1.54, 1.807) is 18.3 Å².